The standard InChI is InChI=1S/C23H34N2O9/c1-14(27)25-17(12-15-6-8-16(32-2)9-7-15)22(31)24-13-18-19(28)20(29)21(30)23(34-18)33-11-5-3-4-10-26/h6-10,17-21,23,28-30H,3-5,11-13H2,1-2H3,(H,24,31)(H,25,27)/t17?,18?,19-,20?,21?,23+/m0/s1. The number of aliphatic hydroxyl groups excluding tert-OH is 3. The Hall–Kier alpha value is -2.57. The normalized spacial score (nSPS) is 25.3. The molecule has 0 aliphatic carbocycles. The summed E-state index contributed by atoms with van der Waals surface area (Å²) in [5.41, 5.74) is 0.797. The van der Waals surface area contributed by atoms with Gasteiger partial charge >= 0.3 is 0 Å². The summed E-state index contributed by atoms with van der Waals surface area (Å²) >= 11 is 0. The van der Waals surface area contributed by atoms with Crippen LogP contribution in [0.15, 0.2) is 24.3 Å². The molecule has 5 N–H and O–H groups in total. The van der Waals surface area contributed by atoms with Gasteiger partial charge in [-0.15, -0.1) is 0 Å². The molecule has 4 unspecified atom stereocenters. The number of aliphatic hydroxyl groups is 3. The number of benzene rings is 1. The molecule has 34 heavy (non-hydrogen) atoms. The average Bonchev–Trinajstić information content (AvgIpc) is 2.82. The van der Waals surface area contributed by atoms with E-state index >= 15 is 0 Å². The summed E-state index contributed by atoms with van der Waals surface area (Å²) in [6, 6.07) is 6.17. The van der Waals surface area contributed by atoms with Crippen molar-refractivity contribution in [2.24, 2.45) is 0 Å². The number of unbranched alkanes of at least 4 members (excludes halogenated alkanes) is 2. The maximum absolute atomic E-state index is 12.8. The van der Waals surface area contributed by atoms with Crippen LogP contribution in [0.5, 0.6) is 5.75 Å². The molecule has 1 aromatic rings. The second-order valence-corrected chi connectivity index (χ2v) is 8.10. The first-order chi connectivity index (χ1) is 16.3. The van der Waals surface area contributed by atoms with E-state index in [1.165, 1.54) is 6.92 Å². The van der Waals surface area contributed by atoms with Gasteiger partial charge in [-0.25, -0.2) is 0 Å². The predicted octanol–water partition coefficient (Wildman–Crippen LogP) is -0.948. The number of nitrogens with one attached hydrogen (secondary N) is 2. The molecule has 1 aliphatic rings. The van der Waals surface area contributed by atoms with E-state index < -0.39 is 42.7 Å². The van der Waals surface area contributed by atoms with Crippen molar-refractivity contribution < 1.29 is 43.9 Å². The van der Waals surface area contributed by atoms with Gasteiger partial charge in [-0.3, -0.25) is 9.59 Å². The fourth-order valence-electron chi connectivity index (χ4n) is 3.53. The van der Waals surface area contributed by atoms with Gasteiger partial charge in [0.25, 0.3) is 0 Å². The number of carbonyl (C=O) groups is 3. The Morgan fingerprint density at radius 3 is 2.44 bits per heavy atom. The number of rotatable bonds is 13. The molecule has 2 rings (SSSR count). The molecule has 0 spiro atoms. The van der Waals surface area contributed by atoms with Crippen molar-refractivity contribution >= 4 is 18.1 Å². The van der Waals surface area contributed by atoms with E-state index in [-0.39, 0.29) is 25.5 Å². The van der Waals surface area contributed by atoms with Crippen molar-refractivity contribution in [3.63, 3.8) is 0 Å². The van der Waals surface area contributed by atoms with Crippen LogP contribution in [0.2, 0.25) is 0 Å². The maximum Gasteiger partial charge on any atom is 0.243 e. The summed E-state index contributed by atoms with van der Waals surface area (Å²) in [6.45, 7) is 1.30. The van der Waals surface area contributed by atoms with Gasteiger partial charge in [-0.05, 0) is 30.5 Å². The van der Waals surface area contributed by atoms with Crippen LogP contribution in [0.4, 0.5) is 0 Å². The van der Waals surface area contributed by atoms with E-state index in [4.69, 9.17) is 14.2 Å². The molecule has 1 heterocycles. The first kappa shape index (κ1) is 27.7. The van der Waals surface area contributed by atoms with Gasteiger partial charge in [0.1, 0.15) is 42.5 Å². The van der Waals surface area contributed by atoms with Crippen LogP contribution in [-0.4, -0.2) is 90.4 Å². The first-order valence-electron chi connectivity index (χ1n) is 11.2. The van der Waals surface area contributed by atoms with Gasteiger partial charge in [0.2, 0.25) is 11.8 Å². The highest BCUT2D eigenvalue weighted by Crippen LogP contribution is 2.22. The Kier molecular flexibility index (Phi) is 11.4. The summed E-state index contributed by atoms with van der Waals surface area (Å²) in [4.78, 5) is 34.8. The lowest BCUT2D eigenvalue weighted by molar-refractivity contribution is -0.295. The van der Waals surface area contributed by atoms with Crippen molar-refractivity contribution in [1.82, 2.24) is 10.6 Å². The van der Waals surface area contributed by atoms with Crippen LogP contribution in [0.1, 0.15) is 31.7 Å². The third-order valence-corrected chi connectivity index (χ3v) is 5.44. The lowest BCUT2D eigenvalue weighted by Gasteiger charge is -2.40. The molecule has 11 heteroatoms. The fourth-order valence-corrected chi connectivity index (χ4v) is 3.53. The summed E-state index contributed by atoms with van der Waals surface area (Å²) in [5.74, 6) is -0.230. The number of ether oxygens (including phenoxy) is 3. The predicted molar refractivity (Wildman–Crippen MR) is 120 cm³/mol. The van der Waals surface area contributed by atoms with Crippen molar-refractivity contribution in [1.29, 1.82) is 0 Å². The van der Waals surface area contributed by atoms with E-state index in [1.807, 2.05) is 0 Å². The third kappa shape index (κ3) is 8.33. The molecule has 0 saturated carbocycles. The summed E-state index contributed by atoms with van der Waals surface area (Å²) in [6.07, 6.45) is -4.18. The second kappa shape index (κ2) is 14.0. The zero-order valence-corrected chi connectivity index (χ0v) is 19.4. The topological polar surface area (TPSA) is 164 Å². The molecule has 0 radical (unpaired) electrons. The van der Waals surface area contributed by atoms with Gasteiger partial charge in [-0.1, -0.05) is 12.1 Å². The van der Waals surface area contributed by atoms with Crippen molar-refractivity contribution in [3.8, 4) is 5.75 Å². The molecule has 1 aromatic carbocycles. The number of hydrogen-bond donors (Lipinski definition) is 5. The largest absolute Gasteiger partial charge is 0.497 e. The van der Waals surface area contributed by atoms with Gasteiger partial charge in [0.05, 0.1) is 7.11 Å². The summed E-state index contributed by atoms with van der Waals surface area (Å²) in [7, 11) is 1.55. The number of methoxy groups -OCH3 is 1. The zero-order valence-electron chi connectivity index (χ0n) is 19.4. The molecule has 6 atom stereocenters. The summed E-state index contributed by atoms with van der Waals surface area (Å²) in [5, 5.41) is 35.8. The molecular formula is C23H34N2O9. The van der Waals surface area contributed by atoms with E-state index in [0.29, 0.717) is 25.0 Å². The number of hydrogen-bond acceptors (Lipinski definition) is 9. The maximum atomic E-state index is 12.8. The van der Waals surface area contributed by atoms with E-state index in [1.54, 1.807) is 31.4 Å². The molecule has 1 aliphatic heterocycles. The van der Waals surface area contributed by atoms with Gasteiger partial charge in [-0.2, -0.15) is 0 Å². The molecule has 1 saturated heterocycles. The number of carbonyl (C=O) groups excluding carboxylic acids is 3. The summed E-state index contributed by atoms with van der Waals surface area (Å²) < 4.78 is 16.2. The quantitative estimate of drug-likeness (QED) is 0.176. The zero-order chi connectivity index (χ0) is 25.1. The molecule has 2 amide bonds. The Morgan fingerprint density at radius 2 is 1.82 bits per heavy atom. The van der Waals surface area contributed by atoms with Gasteiger partial charge < -0.3 is 45.0 Å². The minimum Gasteiger partial charge on any atom is -0.497 e. The van der Waals surface area contributed by atoms with Crippen LogP contribution in [0.25, 0.3) is 0 Å². The second-order valence-electron chi connectivity index (χ2n) is 8.10. The van der Waals surface area contributed by atoms with Crippen molar-refractivity contribution in [2.45, 2.75) is 69.4 Å². The lowest BCUT2D eigenvalue weighted by atomic mass is 9.98. The molecular weight excluding hydrogens is 448 g/mol. The van der Waals surface area contributed by atoms with Crippen LogP contribution in [0, 0.1) is 0 Å². The highest BCUT2D eigenvalue weighted by molar-refractivity contribution is 5.87. The van der Waals surface area contributed by atoms with Crippen LogP contribution in [0.3, 0.4) is 0 Å². The van der Waals surface area contributed by atoms with E-state index in [2.05, 4.69) is 10.6 Å². The Balaban J connectivity index is 1.95. The van der Waals surface area contributed by atoms with Crippen molar-refractivity contribution in [2.75, 3.05) is 20.3 Å². The molecule has 0 aromatic heterocycles. The minimum absolute atomic E-state index is 0.184. The fraction of sp³-hybridized carbons (Fsp3) is 0.609. The molecule has 11 nitrogen and oxygen atoms in total. The molecule has 190 valence electrons. The smallest absolute Gasteiger partial charge is 0.243 e. The van der Waals surface area contributed by atoms with Gasteiger partial charge in [0.15, 0.2) is 6.29 Å². The van der Waals surface area contributed by atoms with E-state index in [0.717, 1.165) is 11.8 Å². The van der Waals surface area contributed by atoms with Crippen LogP contribution < -0.4 is 15.4 Å². The molecule has 1 fully saturated rings. The Labute approximate surface area is 198 Å². The average molecular weight is 483 g/mol. The number of aldehydes is 1. The van der Waals surface area contributed by atoms with E-state index in [9.17, 15) is 29.7 Å². The minimum atomic E-state index is -1.54. The van der Waals surface area contributed by atoms with Crippen molar-refractivity contribution in [3.05, 3.63) is 29.8 Å². The SMILES string of the molecule is COc1ccc(CC(NC(C)=O)C(=O)NCC2O[C@@H](OCCCCC=O)C(O)C(O)[C@H]2O)cc1. The van der Waals surface area contributed by atoms with Crippen LogP contribution in [-0.2, 0) is 30.3 Å². The first-order valence-corrected chi connectivity index (χ1v) is 11.2. The lowest BCUT2D eigenvalue weighted by Crippen LogP contribution is -2.61. The monoisotopic (exact) mass is 482 g/mol. The van der Waals surface area contributed by atoms with Gasteiger partial charge in [0, 0.05) is 32.9 Å². The highest BCUT2D eigenvalue weighted by atomic mass is 16.7. The Morgan fingerprint density at radius 1 is 1.12 bits per heavy atom. The Bertz CT molecular complexity index is 789. The molecule has 0 bridgehead atoms. The number of amides is 2. The van der Waals surface area contributed by atoms with Crippen LogP contribution >= 0.6 is 0 Å². The highest BCUT2D eigenvalue weighted by Gasteiger charge is 2.44. The third-order valence-electron chi connectivity index (χ3n) is 5.44.